The van der Waals surface area contributed by atoms with Crippen molar-refractivity contribution in [1.82, 2.24) is 4.90 Å². The highest BCUT2D eigenvalue weighted by molar-refractivity contribution is 6.99. The van der Waals surface area contributed by atoms with Crippen LogP contribution in [0, 0.1) is 17.8 Å². The van der Waals surface area contributed by atoms with E-state index in [0.29, 0.717) is 29.8 Å². The molecule has 0 spiro atoms. The number of rotatable bonds is 7. The molecule has 2 saturated heterocycles. The standard InChI is InChI=1S/C33H38BNO7Si/c1-33(2,3)43(23-11-7-5-8-12-23,24-13-9-6-10-14-24)40-20-21-17-26-29(32(38)35(4)31(26)37)25-18-28(42-34(39)30(21)25)27-16-15-22(19-36)41-27/h5-16,25-26,28-29,36,39H,17-20H2,1-4H3/t25-,26-,28-,29+/m0/s1. The van der Waals surface area contributed by atoms with E-state index in [-0.39, 0.29) is 30.1 Å². The molecule has 0 radical (unpaired) electrons. The molecule has 2 N–H and O–H groups in total. The van der Waals surface area contributed by atoms with E-state index in [1.54, 1.807) is 12.1 Å². The molecule has 4 atom stereocenters. The Kier molecular flexibility index (Phi) is 7.85. The third-order valence-corrected chi connectivity index (χ3v) is 14.4. The maximum Gasteiger partial charge on any atom is 0.487 e. The minimum atomic E-state index is -2.91. The van der Waals surface area contributed by atoms with Crippen molar-refractivity contribution >= 4 is 37.6 Å². The Morgan fingerprint density at radius 3 is 2.14 bits per heavy atom. The second-order valence-electron chi connectivity index (χ2n) is 12.9. The zero-order valence-electron chi connectivity index (χ0n) is 25.0. The number of nitrogens with zero attached hydrogens (tertiary/aromatic N) is 1. The monoisotopic (exact) mass is 599 g/mol. The lowest BCUT2D eigenvalue weighted by molar-refractivity contribution is -0.138. The number of allylic oxidation sites excluding steroid dienone is 1. The predicted molar refractivity (Wildman–Crippen MR) is 165 cm³/mol. The van der Waals surface area contributed by atoms with E-state index in [0.717, 1.165) is 15.9 Å². The van der Waals surface area contributed by atoms with Gasteiger partial charge in [0.2, 0.25) is 11.8 Å². The Morgan fingerprint density at radius 2 is 1.58 bits per heavy atom. The van der Waals surface area contributed by atoms with Gasteiger partial charge >= 0.3 is 7.12 Å². The van der Waals surface area contributed by atoms with Gasteiger partial charge in [-0.2, -0.15) is 0 Å². The molecule has 3 aliphatic rings. The molecule has 224 valence electrons. The number of imide groups is 1. The van der Waals surface area contributed by atoms with E-state index < -0.39 is 39.3 Å². The summed E-state index contributed by atoms with van der Waals surface area (Å²) >= 11 is 0. The van der Waals surface area contributed by atoms with Crippen molar-refractivity contribution in [2.24, 2.45) is 17.8 Å². The topological polar surface area (TPSA) is 109 Å². The van der Waals surface area contributed by atoms with E-state index in [1.165, 1.54) is 11.9 Å². The quantitative estimate of drug-likeness (QED) is 0.317. The fraction of sp³-hybridized carbons (Fsp3) is 0.394. The number of aliphatic hydroxyl groups is 1. The van der Waals surface area contributed by atoms with Gasteiger partial charge in [0, 0.05) is 7.05 Å². The van der Waals surface area contributed by atoms with Crippen LogP contribution in [0.25, 0.3) is 0 Å². The first-order valence-electron chi connectivity index (χ1n) is 14.9. The smallest absolute Gasteiger partial charge is 0.461 e. The molecule has 1 aliphatic carbocycles. The Labute approximate surface area is 253 Å². The van der Waals surface area contributed by atoms with Gasteiger partial charge in [-0.3, -0.25) is 14.5 Å². The second-order valence-corrected chi connectivity index (χ2v) is 17.2. The number of benzene rings is 2. The molecule has 2 fully saturated rings. The lowest BCUT2D eigenvalue weighted by atomic mass is 9.55. The van der Waals surface area contributed by atoms with Crippen molar-refractivity contribution in [2.45, 2.75) is 51.4 Å². The molecule has 8 nitrogen and oxygen atoms in total. The van der Waals surface area contributed by atoms with Gasteiger partial charge in [0.1, 0.15) is 24.2 Å². The largest absolute Gasteiger partial charge is 0.487 e. The summed E-state index contributed by atoms with van der Waals surface area (Å²) in [6.07, 6.45) is 0.0569. The second kappa shape index (κ2) is 11.3. The fourth-order valence-corrected chi connectivity index (χ4v) is 12.0. The highest BCUT2D eigenvalue weighted by Crippen LogP contribution is 2.51. The molecule has 3 heterocycles. The van der Waals surface area contributed by atoms with Gasteiger partial charge in [-0.1, -0.05) is 81.4 Å². The van der Waals surface area contributed by atoms with Gasteiger partial charge < -0.3 is 23.6 Å². The number of carbonyl (C=O) groups is 2. The number of aliphatic hydroxyl groups excluding tert-OH is 1. The number of furan rings is 1. The highest BCUT2D eigenvalue weighted by Gasteiger charge is 2.58. The van der Waals surface area contributed by atoms with Crippen molar-refractivity contribution in [3.63, 3.8) is 0 Å². The molecule has 2 amide bonds. The molecular formula is C33H38BNO7Si. The molecule has 1 aromatic heterocycles. The summed E-state index contributed by atoms with van der Waals surface area (Å²) in [5.41, 5.74) is 1.46. The van der Waals surface area contributed by atoms with Crippen molar-refractivity contribution < 1.29 is 33.2 Å². The summed E-state index contributed by atoms with van der Waals surface area (Å²) in [5.74, 6) is -1.10. The van der Waals surface area contributed by atoms with E-state index in [9.17, 15) is 19.7 Å². The SMILES string of the molecule is CN1C(=O)[C@H]2[C@H](CC(CO[Si](c3ccccc3)(c3ccccc3)C(C)(C)C)=C3B(O)O[C@H](c4ccc(CO)o4)C[C@H]32)C1=O. The minimum absolute atomic E-state index is 0.199. The highest BCUT2D eigenvalue weighted by atomic mass is 28.4. The molecule has 0 saturated carbocycles. The van der Waals surface area contributed by atoms with Crippen molar-refractivity contribution in [1.29, 1.82) is 0 Å². The molecule has 2 aliphatic heterocycles. The number of hydrogen-bond acceptors (Lipinski definition) is 7. The fourth-order valence-electron chi connectivity index (χ4n) is 7.49. The first-order chi connectivity index (χ1) is 20.6. The summed E-state index contributed by atoms with van der Waals surface area (Å²) in [7, 11) is -2.67. The summed E-state index contributed by atoms with van der Waals surface area (Å²) in [5, 5.41) is 23.0. The average Bonchev–Trinajstić information content (AvgIpc) is 3.57. The summed E-state index contributed by atoms with van der Waals surface area (Å²) in [4.78, 5) is 28.0. The van der Waals surface area contributed by atoms with Gasteiger partial charge in [0.05, 0.1) is 18.4 Å². The first-order valence-corrected chi connectivity index (χ1v) is 16.8. The number of likely N-dealkylation sites (tertiary alicyclic amines) is 1. The maximum absolute atomic E-state index is 13.4. The van der Waals surface area contributed by atoms with Crippen LogP contribution in [0.4, 0.5) is 0 Å². The van der Waals surface area contributed by atoms with Gasteiger partial charge in [-0.15, -0.1) is 0 Å². The molecule has 2 aromatic carbocycles. The molecule has 10 heteroatoms. The van der Waals surface area contributed by atoms with Crippen molar-refractivity contribution in [3.8, 4) is 0 Å². The zero-order valence-corrected chi connectivity index (χ0v) is 26.0. The summed E-state index contributed by atoms with van der Waals surface area (Å²) in [6.45, 7) is 6.57. The van der Waals surface area contributed by atoms with E-state index in [1.807, 2.05) is 36.4 Å². The molecular weight excluding hydrogens is 561 g/mol. The van der Waals surface area contributed by atoms with Crippen LogP contribution in [0.5, 0.6) is 0 Å². The summed E-state index contributed by atoms with van der Waals surface area (Å²) < 4.78 is 19.1. The maximum atomic E-state index is 13.4. The van der Waals surface area contributed by atoms with Crippen LogP contribution < -0.4 is 10.4 Å². The molecule has 0 bridgehead atoms. The van der Waals surface area contributed by atoms with Crippen LogP contribution in [0.1, 0.15) is 51.2 Å². The van der Waals surface area contributed by atoms with Gasteiger partial charge in [-0.25, -0.2) is 0 Å². The molecule has 6 rings (SSSR count). The van der Waals surface area contributed by atoms with Gasteiger partial charge in [0.25, 0.3) is 8.32 Å². The number of carbonyl (C=O) groups excluding carboxylic acids is 2. The van der Waals surface area contributed by atoms with Crippen LogP contribution in [-0.2, 0) is 25.3 Å². The molecule has 43 heavy (non-hydrogen) atoms. The third kappa shape index (κ3) is 4.95. The minimum Gasteiger partial charge on any atom is -0.461 e. The Bertz CT molecular complexity index is 1490. The summed E-state index contributed by atoms with van der Waals surface area (Å²) in [6, 6.07) is 24.0. The van der Waals surface area contributed by atoms with Crippen LogP contribution in [0.3, 0.4) is 0 Å². The Balaban J connectivity index is 1.43. The van der Waals surface area contributed by atoms with Crippen molar-refractivity contribution in [3.05, 3.63) is 95.4 Å². The van der Waals surface area contributed by atoms with Crippen LogP contribution in [-0.4, -0.2) is 55.9 Å². The Morgan fingerprint density at radius 1 is 0.953 bits per heavy atom. The predicted octanol–water partition coefficient (Wildman–Crippen LogP) is 3.38. The van der Waals surface area contributed by atoms with E-state index >= 15 is 0 Å². The lowest BCUT2D eigenvalue weighted by Gasteiger charge is -2.45. The van der Waals surface area contributed by atoms with Crippen LogP contribution in [0.15, 0.2) is 88.3 Å². The normalized spacial score (nSPS) is 24.4. The zero-order chi connectivity index (χ0) is 30.5. The number of amides is 2. The third-order valence-electron chi connectivity index (χ3n) is 9.47. The van der Waals surface area contributed by atoms with Gasteiger partial charge in [0.15, 0.2) is 0 Å². The van der Waals surface area contributed by atoms with E-state index in [2.05, 4.69) is 45.0 Å². The Hall–Kier alpha value is -3.28. The number of fused-ring (bicyclic) bond motifs is 3. The number of hydrogen-bond donors (Lipinski definition) is 2. The van der Waals surface area contributed by atoms with Crippen molar-refractivity contribution in [2.75, 3.05) is 13.7 Å². The molecule has 0 unspecified atom stereocenters. The lowest BCUT2D eigenvalue weighted by Crippen LogP contribution is -2.66. The average molecular weight is 600 g/mol. The van der Waals surface area contributed by atoms with E-state index in [4.69, 9.17) is 13.5 Å². The van der Waals surface area contributed by atoms with Crippen LogP contribution in [0.2, 0.25) is 5.04 Å². The van der Waals surface area contributed by atoms with Gasteiger partial charge in [-0.05, 0) is 57.3 Å². The first kappa shape index (κ1) is 29.8. The van der Waals surface area contributed by atoms with Crippen LogP contribution >= 0.6 is 0 Å². The molecule has 3 aromatic rings.